The van der Waals surface area contributed by atoms with Crippen LogP contribution in [0, 0.1) is 0 Å². The highest BCUT2D eigenvalue weighted by Crippen LogP contribution is 2.24. The third kappa shape index (κ3) is 8.30. The molecule has 2 aromatic carbocycles. The number of likely N-dealkylation sites (N-methyl/N-ethyl adjacent to an activating group) is 1. The van der Waals surface area contributed by atoms with Crippen molar-refractivity contribution < 1.29 is 19.1 Å². The Kier molecular flexibility index (Phi) is 10.4. The van der Waals surface area contributed by atoms with Gasteiger partial charge in [-0.15, -0.1) is 0 Å². The smallest absolute Gasteiger partial charge is 0.251 e. The maximum atomic E-state index is 12.3. The molecule has 2 N–H and O–H groups in total. The van der Waals surface area contributed by atoms with Crippen LogP contribution in [0.2, 0.25) is 0 Å². The Balaban J connectivity index is 1.74. The van der Waals surface area contributed by atoms with E-state index in [2.05, 4.69) is 29.4 Å². The van der Waals surface area contributed by atoms with Crippen molar-refractivity contribution in [1.29, 1.82) is 0 Å². The second-order valence-electron chi connectivity index (χ2n) is 7.01. The minimum atomic E-state index is -0.171. The van der Waals surface area contributed by atoms with E-state index in [1.165, 1.54) is 0 Å². The van der Waals surface area contributed by atoms with E-state index in [0.29, 0.717) is 48.7 Å². The Morgan fingerprint density at radius 1 is 1.00 bits per heavy atom. The summed E-state index contributed by atoms with van der Waals surface area (Å²) in [6.07, 6.45) is 0.843. The first kappa shape index (κ1) is 24.2. The van der Waals surface area contributed by atoms with Gasteiger partial charge in [-0.1, -0.05) is 26.0 Å². The number of nitrogens with zero attached hydrogens (tertiary/aromatic N) is 1. The highest BCUT2D eigenvalue weighted by atomic mass is 16.5. The Hall–Kier alpha value is -3.06. The van der Waals surface area contributed by atoms with Crippen LogP contribution in [0.4, 0.5) is 5.69 Å². The topological polar surface area (TPSA) is 79.9 Å². The van der Waals surface area contributed by atoms with Crippen molar-refractivity contribution in [2.24, 2.45) is 0 Å². The number of benzene rings is 2. The largest absolute Gasteiger partial charge is 0.497 e. The normalized spacial score (nSPS) is 10.6. The summed E-state index contributed by atoms with van der Waals surface area (Å²) in [6.45, 7) is 8.02. The molecule has 0 radical (unpaired) electrons. The molecule has 2 rings (SSSR count). The van der Waals surface area contributed by atoms with Gasteiger partial charge >= 0.3 is 0 Å². The van der Waals surface area contributed by atoms with Crippen LogP contribution in [-0.4, -0.2) is 56.6 Å². The molecular weight excluding hydrogens is 394 g/mol. The van der Waals surface area contributed by atoms with Gasteiger partial charge in [-0.05, 0) is 55.9 Å². The number of hydrogen-bond donors (Lipinski definition) is 2. The molecule has 7 heteroatoms. The van der Waals surface area contributed by atoms with Gasteiger partial charge in [0, 0.05) is 25.1 Å². The Morgan fingerprint density at radius 3 is 2.39 bits per heavy atom. The molecule has 0 spiro atoms. The van der Waals surface area contributed by atoms with Crippen molar-refractivity contribution in [2.75, 3.05) is 45.2 Å². The molecule has 0 saturated carbocycles. The van der Waals surface area contributed by atoms with E-state index in [1.54, 1.807) is 31.4 Å². The summed E-state index contributed by atoms with van der Waals surface area (Å²) in [6, 6.07) is 14.3. The van der Waals surface area contributed by atoms with E-state index >= 15 is 0 Å². The fourth-order valence-electron chi connectivity index (χ4n) is 3.03. The van der Waals surface area contributed by atoms with E-state index in [9.17, 15) is 9.59 Å². The molecular formula is C24H33N3O4. The fourth-order valence-corrected chi connectivity index (χ4v) is 3.03. The summed E-state index contributed by atoms with van der Waals surface area (Å²) < 4.78 is 11.0. The summed E-state index contributed by atoms with van der Waals surface area (Å²) in [7, 11) is 1.58. The zero-order valence-corrected chi connectivity index (χ0v) is 18.6. The maximum Gasteiger partial charge on any atom is 0.251 e. The first-order valence-corrected chi connectivity index (χ1v) is 10.7. The van der Waals surface area contributed by atoms with Crippen molar-refractivity contribution in [3.05, 3.63) is 54.1 Å². The average Bonchev–Trinajstić information content (AvgIpc) is 2.80. The van der Waals surface area contributed by atoms with Gasteiger partial charge in [0.1, 0.15) is 18.1 Å². The maximum absolute atomic E-state index is 12.3. The van der Waals surface area contributed by atoms with E-state index in [4.69, 9.17) is 9.47 Å². The number of hydrogen-bond acceptors (Lipinski definition) is 5. The van der Waals surface area contributed by atoms with Crippen molar-refractivity contribution in [3.8, 4) is 11.5 Å². The molecule has 168 valence electrons. The van der Waals surface area contributed by atoms with E-state index in [1.807, 2.05) is 24.3 Å². The molecule has 0 saturated heterocycles. The summed E-state index contributed by atoms with van der Waals surface area (Å²) in [5.74, 6) is 1.08. The van der Waals surface area contributed by atoms with Crippen LogP contribution in [0.3, 0.4) is 0 Å². The Labute approximate surface area is 184 Å². The lowest BCUT2D eigenvalue weighted by Crippen LogP contribution is -2.28. The predicted octanol–water partition coefficient (Wildman–Crippen LogP) is 3.56. The number of rotatable bonds is 13. The third-order valence-electron chi connectivity index (χ3n) is 4.94. The number of carbonyl (C=O) groups is 2. The van der Waals surface area contributed by atoms with Crippen LogP contribution in [0.1, 0.15) is 37.0 Å². The van der Waals surface area contributed by atoms with E-state index in [-0.39, 0.29) is 11.8 Å². The summed E-state index contributed by atoms with van der Waals surface area (Å²) in [5, 5.41) is 5.73. The number of anilines is 1. The van der Waals surface area contributed by atoms with E-state index < -0.39 is 0 Å². The number of carbonyl (C=O) groups excluding carboxylic acids is 2. The molecule has 0 aliphatic heterocycles. The van der Waals surface area contributed by atoms with Crippen LogP contribution >= 0.6 is 0 Å². The molecule has 2 amide bonds. The molecule has 31 heavy (non-hydrogen) atoms. The Morgan fingerprint density at radius 2 is 1.71 bits per heavy atom. The molecule has 0 fully saturated rings. The summed E-state index contributed by atoms with van der Waals surface area (Å²) in [4.78, 5) is 26.7. The standard InChI is InChI=1S/C24H33N3O4/c1-4-27(5-2)17-18-31-22-10-7-6-9-21(22)26-23(28)11-8-16-25-24(29)19-12-14-20(30-3)15-13-19/h6-7,9-10,12-15H,4-5,8,11,16-18H2,1-3H3,(H,25,29)(H,26,28). The van der Waals surface area contributed by atoms with Crippen LogP contribution < -0.4 is 20.1 Å². The van der Waals surface area contributed by atoms with Gasteiger partial charge in [-0.3, -0.25) is 9.59 Å². The average molecular weight is 428 g/mol. The number of amides is 2. The van der Waals surface area contributed by atoms with E-state index in [0.717, 1.165) is 19.6 Å². The van der Waals surface area contributed by atoms with Crippen LogP contribution in [0.5, 0.6) is 11.5 Å². The first-order chi connectivity index (χ1) is 15.1. The van der Waals surface area contributed by atoms with Crippen molar-refractivity contribution in [3.63, 3.8) is 0 Å². The highest BCUT2D eigenvalue weighted by molar-refractivity contribution is 5.94. The van der Waals surface area contributed by atoms with Gasteiger partial charge in [0.2, 0.25) is 5.91 Å². The number of nitrogens with one attached hydrogen (secondary N) is 2. The molecule has 0 unspecified atom stereocenters. The quantitative estimate of drug-likeness (QED) is 0.478. The summed E-state index contributed by atoms with van der Waals surface area (Å²) in [5.41, 5.74) is 1.22. The minimum absolute atomic E-state index is 0.113. The summed E-state index contributed by atoms with van der Waals surface area (Å²) >= 11 is 0. The lowest BCUT2D eigenvalue weighted by molar-refractivity contribution is -0.116. The van der Waals surface area contributed by atoms with Gasteiger partial charge in [0.25, 0.3) is 5.91 Å². The second-order valence-corrected chi connectivity index (χ2v) is 7.01. The zero-order valence-electron chi connectivity index (χ0n) is 18.6. The monoisotopic (exact) mass is 427 g/mol. The van der Waals surface area contributed by atoms with Crippen LogP contribution in [-0.2, 0) is 4.79 Å². The van der Waals surface area contributed by atoms with Gasteiger partial charge in [-0.25, -0.2) is 0 Å². The minimum Gasteiger partial charge on any atom is -0.497 e. The van der Waals surface area contributed by atoms with Crippen molar-refractivity contribution >= 4 is 17.5 Å². The molecule has 0 heterocycles. The number of methoxy groups -OCH3 is 1. The third-order valence-corrected chi connectivity index (χ3v) is 4.94. The van der Waals surface area contributed by atoms with Crippen molar-refractivity contribution in [1.82, 2.24) is 10.2 Å². The molecule has 0 aliphatic rings. The van der Waals surface area contributed by atoms with Gasteiger partial charge in [0.15, 0.2) is 0 Å². The molecule has 0 aromatic heterocycles. The first-order valence-electron chi connectivity index (χ1n) is 10.7. The lowest BCUT2D eigenvalue weighted by Gasteiger charge is -2.19. The van der Waals surface area contributed by atoms with Gasteiger partial charge in [-0.2, -0.15) is 0 Å². The predicted molar refractivity (Wildman–Crippen MR) is 123 cm³/mol. The number of ether oxygens (including phenoxy) is 2. The van der Waals surface area contributed by atoms with Crippen LogP contribution in [0.25, 0.3) is 0 Å². The van der Waals surface area contributed by atoms with Gasteiger partial charge in [0.05, 0.1) is 12.8 Å². The molecule has 2 aromatic rings. The lowest BCUT2D eigenvalue weighted by atomic mass is 10.2. The van der Waals surface area contributed by atoms with Crippen molar-refractivity contribution in [2.45, 2.75) is 26.7 Å². The highest BCUT2D eigenvalue weighted by Gasteiger charge is 2.09. The molecule has 0 aliphatic carbocycles. The number of para-hydroxylation sites is 2. The second kappa shape index (κ2) is 13.3. The van der Waals surface area contributed by atoms with Gasteiger partial charge < -0.3 is 25.0 Å². The van der Waals surface area contributed by atoms with Crippen LogP contribution in [0.15, 0.2) is 48.5 Å². The zero-order chi connectivity index (χ0) is 22.5. The molecule has 0 atom stereocenters. The SMILES string of the molecule is CCN(CC)CCOc1ccccc1NC(=O)CCCNC(=O)c1ccc(OC)cc1. The Bertz CT molecular complexity index is 820. The molecule has 0 bridgehead atoms. The molecule has 7 nitrogen and oxygen atoms in total. The fraction of sp³-hybridized carbons (Fsp3) is 0.417.